The number of hydrogen-bond donors (Lipinski definition) is 0. The van der Waals surface area contributed by atoms with E-state index in [1.165, 1.54) is 21.9 Å². The van der Waals surface area contributed by atoms with Crippen LogP contribution in [-0.2, 0) is 0 Å². The Hall–Kier alpha value is -5.34. The van der Waals surface area contributed by atoms with Crippen LogP contribution in [-0.4, -0.2) is 5.66 Å². The minimum atomic E-state index is -0.605. The van der Waals surface area contributed by atoms with E-state index in [4.69, 9.17) is 0 Å². The highest BCUT2D eigenvalue weighted by molar-refractivity contribution is 5.97. The highest BCUT2D eigenvalue weighted by atomic mass is 15.4. The molecule has 0 fully saturated rings. The molecule has 0 bridgehead atoms. The molecular formula is C40H32N2. The Morgan fingerprint density at radius 1 is 0.452 bits per heavy atom. The fourth-order valence-corrected chi connectivity index (χ4v) is 6.20. The largest absolute Gasteiger partial charge is 0.314 e. The van der Waals surface area contributed by atoms with Gasteiger partial charge in [0.05, 0.1) is 5.69 Å². The van der Waals surface area contributed by atoms with Gasteiger partial charge in [0, 0.05) is 28.9 Å². The Balaban J connectivity index is 1.53. The molecule has 0 heterocycles. The molecule has 42 heavy (non-hydrogen) atoms. The Bertz CT molecular complexity index is 1800. The van der Waals surface area contributed by atoms with E-state index < -0.39 is 5.66 Å². The number of para-hydroxylation sites is 3. The molecule has 0 saturated carbocycles. The van der Waals surface area contributed by atoms with E-state index in [0.717, 1.165) is 29.2 Å². The molecule has 1 aliphatic carbocycles. The summed E-state index contributed by atoms with van der Waals surface area (Å²) >= 11 is 0. The average Bonchev–Trinajstić information content (AvgIpc) is 3.07. The van der Waals surface area contributed by atoms with Crippen molar-refractivity contribution in [3.63, 3.8) is 0 Å². The SMILES string of the molecule is C1=CC(N(c2ccccc2)c2ccccc2)(N(c2ccccc2)c2cccc3ccccc23)CC=C1c1ccccc1. The van der Waals surface area contributed by atoms with Crippen LogP contribution in [0.3, 0.4) is 0 Å². The number of anilines is 4. The minimum Gasteiger partial charge on any atom is -0.314 e. The van der Waals surface area contributed by atoms with Gasteiger partial charge in [0.2, 0.25) is 0 Å². The summed E-state index contributed by atoms with van der Waals surface area (Å²) in [5, 5.41) is 2.44. The maximum absolute atomic E-state index is 2.53. The van der Waals surface area contributed by atoms with Crippen molar-refractivity contribution in [2.75, 3.05) is 9.80 Å². The van der Waals surface area contributed by atoms with E-state index in [-0.39, 0.29) is 0 Å². The van der Waals surface area contributed by atoms with E-state index in [1.807, 2.05) is 0 Å². The van der Waals surface area contributed by atoms with Crippen molar-refractivity contribution in [3.8, 4) is 0 Å². The van der Waals surface area contributed by atoms with Crippen molar-refractivity contribution in [1.82, 2.24) is 0 Å². The molecule has 7 rings (SSSR count). The number of allylic oxidation sites excluding steroid dienone is 2. The highest BCUT2D eigenvalue weighted by Crippen LogP contribution is 2.48. The molecule has 0 N–H and O–H groups in total. The van der Waals surface area contributed by atoms with Crippen LogP contribution in [0.5, 0.6) is 0 Å². The van der Waals surface area contributed by atoms with Gasteiger partial charge in [-0.15, -0.1) is 0 Å². The summed E-state index contributed by atoms with van der Waals surface area (Å²) in [6, 6.07) is 58.3. The van der Waals surface area contributed by atoms with Crippen molar-refractivity contribution < 1.29 is 0 Å². The zero-order valence-electron chi connectivity index (χ0n) is 23.4. The molecule has 1 atom stereocenters. The molecule has 1 aliphatic rings. The predicted octanol–water partition coefficient (Wildman–Crippen LogP) is 10.6. The summed E-state index contributed by atoms with van der Waals surface area (Å²) < 4.78 is 0. The van der Waals surface area contributed by atoms with E-state index in [0.29, 0.717) is 0 Å². The quantitative estimate of drug-likeness (QED) is 0.186. The molecular weight excluding hydrogens is 508 g/mol. The van der Waals surface area contributed by atoms with Gasteiger partial charge >= 0.3 is 0 Å². The molecule has 2 heteroatoms. The number of benzene rings is 6. The third-order valence-electron chi connectivity index (χ3n) is 8.08. The molecule has 0 aliphatic heterocycles. The molecule has 0 aromatic heterocycles. The smallest absolute Gasteiger partial charge is 0.145 e. The Morgan fingerprint density at radius 2 is 0.952 bits per heavy atom. The first-order valence-electron chi connectivity index (χ1n) is 14.5. The first-order valence-corrected chi connectivity index (χ1v) is 14.5. The molecule has 202 valence electrons. The number of fused-ring (bicyclic) bond motifs is 1. The van der Waals surface area contributed by atoms with Gasteiger partial charge in [0.15, 0.2) is 0 Å². The van der Waals surface area contributed by atoms with E-state index in [2.05, 4.69) is 192 Å². The van der Waals surface area contributed by atoms with Crippen LogP contribution in [0.25, 0.3) is 16.3 Å². The summed E-state index contributed by atoms with van der Waals surface area (Å²) in [4.78, 5) is 5.03. The van der Waals surface area contributed by atoms with Gasteiger partial charge in [0.1, 0.15) is 5.66 Å². The van der Waals surface area contributed by atoms with Crippen LogP contribution in [0.4, 0.5) is 22.7 Å². The molecule has 2 nitrogen and oxygen atoms in total. The molecule has 6 aromatic rings. The summed E-state index contributed by atoms with van der Waals surface area (Å²) in [5.41, 5.74) is 6.41. The second kappa shape index (κ2) is 11.3. The van der Waals surface area contributed by atoms with Gasteiger partial charge in [-0.2, -0.15) is 0 Å². The third-order valence-corrected chi connectivity index (χ3v) is 8.08. The number of nitrogens with zero attached hydrogens (tertiary/aromatic N) is 2. The van der Waals surface area contributed by atoms with Crippen molar-refractivity contribution in [2.45, 2.75) is 12.1 Å². The van der Waals surface area contributed by atoms with Gasteiger partial charge in [-0.05, 0) is 65.1 Å². The lowest BCUT2D eigenvalue weighted by Crippen LogP contribution is -2.57. The molecule has 0 spiro atoms. The maximum Gasteiger partial charge on any atom is 0.145 e. The van der Waals surface area contributed by atoms with Crippen molar-refractivity contribution in [3.05, 3.63) is 188 Å². The topological polar surface area (TPSA) is 6.48 Å². The second-order valence-corrected chi connectivity index (χ2v) is 10.6. The fraction of sp³-hybridized carbons (Fsp3) is 0.0500. The van der Waals surface area contributed by atoms with Crippen molar-refractivity contribution >= 4 is 39.1 Å². The summed E-state index contributed by atoms with van der Waals surface area (Å²) in [6.07, 6.45) is 7.87. The molecule has 0 radical (unpaired) electrons. The lowest BCUT2D eigenvalue weighted by Gasteiger charge is -2.52. The Kier molecular flexibility index (Phi) is 6.87. The summed E-state index contributed by atoms with van der Waals surface area (Å²) in [6.45, 7) is 0. The zero-order valence-corrected chi connectivity index (χ0v) is 23.4. The fourth-order valence-electron chi connectivity index (χ4n) is 6.20. The number of rotatable bonds is 7. The van der Waals surface area contributed by atoms with E-state index in [9.17, 15) is 0 Å². The Morgan fingerprint density at radius 3 is 1.52 bits per heavy atom. The predicted molar refractivity (Wildman–Crippen MR) is 178 cm³/mol. The van der Waals surface area contributed by atoms with Gasteiger partial charge in [-0.3, -0.25) is 0 Å². The molecule has 0 amide bonds. The average molecular weight is 541 g/mol. The van der Waals surface area contributed by atoms with Gasteiger partial charge in [0.25, 0.3) is 0 Å². The summed E-state index contributed by atoms with van der Waals surface area (Å²) in [5.74, 6) is 0. The standard InChI is InChI=1S/C40H32N2/c1-5-16-32(17-6-1)33-28-30-40(31-29-33,41(35-20-7-2-8-21-35)36-22-9-3-10-23-36)42(37-24-11-4-12-25-37)39-27-15-19-34-18-13-14-26-38(34)39/h1-30H,31H2. The van der Waals surface area contributed by atoms with Crippen LogP contribution < -0.4 is 9.80 Å². The second-order valence-electron chi connectivity index (χ2n) is 10.6. The van der Waals surface area contributed by atoms with Crippen molar-refractivity contribution in [1.29, 1.82) is 0 Å². The van der Waals surface area contributed by atoms with Crippen LogP contribution in [0, 0.1) is 0 Å². The van der Waals surface area contributed by atoms with Gasteiger partial charge in [-0.1, -0.05) is 133 Å². The molecule has 6 aromatic carbocycles. The molecule has 1 unspecified atom stereocenters. The summed E-state index contributed by atoms with van der Waals surface area (Å²) in [7, 11) is 0. The zero-order chi connectivity index (χ0) is 28.2. The van der Waals surface area contributed by atoms with Crippen LogP contribution in [0.1, 0.15) is 12.0 Å². The van der Waals surface area contributed by atoms with Crippen LogP contribution in [0.15, 0.2) is 182 Å². The monoisotopic (exact) mass is 540 g/mol. The number of hydrogen-bond acceptors (Lipinski definition) is 2. The van der Waals surface area contributed by atoms with Gasteiger partial charge < -0.3 is 9.80 Å². The maximum atomic E-state index is 2.53. The van der Waals surface area contributed by atoms with E-state index >= 15 is 0 Å². The third kappa shape index (κ3) is 4.67. The van der Waals surface area contributed by atoms with E-state index in [1.54, 1.807) is 0 Å². The highest BCUT2D eigenvalue weighted by Gasteiger charge is 2.43. The van der Waals surface area contributed by atoms with Gasteiger partial charge in [-0.25, -0.2) is 0 Å². The normalized spacial score (nSPS) is 16.1. The lowest BCUT2D eigenvalue weighted by atomic mass is 9.88. The minimum absolute atomic E-state index is 0.605. The first-order chi connectivity index (χ1) is 20.8. The molecule has 0 saturated heterocycles. The van der Waals surface area contributed by atoms with Crippen LogP contribution >= 0.6 is 0 Å². The van der Waals surface area contributed by atoms with Crippen molar-refractivity contribution in [2.24, 2.45) is 0 Å². The van der Waals surface area contributed by atoms with Crippen LogP contribution in [0.2, 0.25) is 0 Å². The Labute approximate surface area is 248 Å². The lowest BCUT2D eigenvalue weighted by molar-refractivity contribution is 0.527. The first kappa shape index (κ1) is 25.6.